The van der Waals surface area contributed by atoms with E-state index >= 15 is 0 Å². The lowest BCUT2D eigenvalue weighted by atomic mass is 9.92. The summed E-state index contributed by atoms with van der Waals surface area (Å²) >= 11 is 1.37. The molecule has 2 heterocycles. The first-order valence-corrected chi connectivity index (χ1v) is 9.05. The number of thiazole rings is 1. The summed E-state index contributed by atoms with van der Waals surface area (Å²) < 4.78 is 0. The summed E-state index contributed by atoms with van der Waals surface area (Å²) in [6.07, 6.45) is 2.95. The van der Waals surface area contributed by atoms with Gasteiger partial charge in [-0.3, -0.25) is 9.59 Å². The predicted octanol–water partition coefficient (Wildman–Crippen LogP) is 3.08. The molecule has 0 saturated heterocycles. The molecule has 1 aromatic heterocycles. The highest BCUT2D eigenvalue weighted by molar-refractivity contribution is 7.13. The summed E-state index contributed by atoms with van der Waals surface area (Å²) in [5.74, 6) is -0.229. The number of aromatic nitrogens is 1. The summed E-state index contributed by atoms with van der Waals surface area (Å²) in [6, 6.07) is 7.51. The maximum atomic E-state index is 12.8. The van der Waals surface area contributed by atoms with E-state index in [1.807, 2.05) is 43.5 Å². The number of carbonyl (C=O) groups is 2. The van der Waals surface area contributed by atoms with Crippen molar-refractivity contribution in [2.45, 2.75) is 39.3 Å². The summed E-state index contributed by atoms with van der Waals surface area (Å²) in [5.41, 5.74) is 2.25. The van der Waals surface area contributed by atoms with Crippen LogP contribution < -0.4 is 5.32 Å². The minimum Gasteiger partial charge on any atom is -0.326 e. The number of nitrogens with zero attached hydrogens (tertiary/aromatic N) is 2. The largest absolute Gasteiger partial charge is 0.326 e. The van der Waals surface area contributed by atoms with Crippen molar-refractivity contribution in [1.82, 2.24) is 9.88 Å². The number of benzene rings is 1. The first-order valence-electron chi connectivity index (χ1n) is 8.17. The van der Waals surface area contributed by atoms with Crippen LogP contribution in [-0.2, 0) is 22.6 Å². The molecule has 6 heteroatoms. The Morgan fingerprint density at radius 3 is 2.79 bits per heavy atom. The Labute approximate surface area is 145 Å². The van der Waals surface area contributed by atoms with Crippen LogP contribution in [0.1, 0.15) is 31.4 Å². The van der Waals surface area contributed by atoms with Gasteiger partial charge in [-0.1, -0.05) is 38.1 Å². The second-order valence-corrected chi connectivity index (χ2v) is 6.99. The van der Waals surface area contributed by atoms with E-state index in [2.05, 4.69) is 10.3 Å². The zero-order chi connectivity index (χ0) is 17.1. The molecule has 2 amide bonds. The van der Waals surface area contributed by atoms with Crippen LogP contribution in [0.5, 0.6) is 0 Å². The number of fused-ring (bicyclic) bond motifs is 1. The second kappa shape index (κ2) is 7.13. The van der Waals surface area contributed by atoms with Gasteiger partial charge in [0.05, 0.1) is 0 Å². The topological polar surface area (TPSA) is 62.3 Å². The van der Waals surface area contributed by atoms with E-state index in [-0.39, 0.29) is 17.7 Å². The Bertz CT molecular complexity index is 730. The number of rotatable bonds is 4. The predicted molar refractivity (Wildman–Crippen MR) is 94.7 cm³/mol. The number of carbonyl (C=O) groups excluding carboxylic acids is 2. The quantitative estimate of drug-likeness (QED) is 0.928. The maximum absolute atomic E-state index is 12.8. The third-order valence-corrected chi connectivity index (χ3v) is 5.22. The molecule has 1 aliphatic rings. The van der Waals surface area contributed by atoms with Gasteiger partial charge in [0, 0.05) is 30.5 Å². The molecule has 0 radical (unpaired) electrons. The van der Waals surface area contributed by atoms with Crippen molar-refractivity contribution in [3.05, 3.63) is 47.0 Å². The van der Waals surface area contributed by atoms with Crippen LogP contribution in [0.3, 0.4) is 0 Å². The summed E-state index contributed by atoms with van der Waals surface area (Å²) in [6.45, 7) is 4.39. The smallest absolute Gasteiger partial charge is 0.249 e. The number of anilines is 1. The lowest BCUT2D eigenvalue weighted by Crippen LogP contribution is -2.52. The van der Waals surface area contributed by atoms with E-state index in [9.17, 15) is 9.59 Å². The normalized spacial score (nSPS) is 17.9. The van der Waals surface area contributed by atoms with Crippen LogP contribution in [0.2, 0.25) is 0 Å². The van der Waals surface area contributed by atoms with Gasteiger partial charge in [-0.2, -0.15) is 0 Å². The average molecular weight is 343 g/mol. The molecule has 1 N–H and O–H groups in total. The Kier molecular flexibility index (Phi) is 4.94. The zero-order valence-electron chi connectivity index (χ0n) is 13.9. The van der Waals surface area contributed by atoms with E-state index in [1.54, 1.807) is 11.1 Å². The Hall–Kier alpha value is -2.21. The van der Waals surface area contributed by atoms with E-state index in [1.165, 1.54) is 11.3 Å². The molecule has 1 aliphatic heterocycles. The highest BCUT2D eigenvalue weighted by Gasteiger charge is 2.36. The van der Waals surface area contributed by atoms with E-state index in [4.69, 9.17) is 0 Å². The summed E-state index contributed by atoms with van der Waals surface area (Å²) in [7, 11) is 0. The molecule has 24 heavy (non-hydrogen) atoms. The molecule has 0 aliphatic carbocycles. The van der Waals surface area contributed by atoms with Crippen molar-refractivity contribution >= 4 is 28.3 Å². The fraction of sp³-hybridized carbons (Fsp3) is 0.389. The molecular weight excluding hydrogens is 322 g/mol. The third kappa shape index (κ3) is 3.33. The van der Waals surface area contributed by atoms with Gasteiger partial charge in [-0.05, 0) is 17.5 Å². The van der Waals surface area contributed by atoms with Gasteiger partial charge in [0.2, 0.25) is 11.8 Å². The van der Waals surface area contributed by atoms with Crippen molar-refractivity contribution in [2.24, 2.45) is 5.92 Å². The zero-order valence-corrected chi connectivity index (χ0v) is 14.7. The van der Waals surface area contributed by atoms with Gasteiger partial charge in [0.25, 0.3) is 0 Å². The second-order valence-electron chi connectivity index (χ2n) is 6.09. The molecule has 3 rings (SSSR count). The summed E-state index contributed by atoms with van der Waals surface area (Å²) in [5, 5.41) is 5.22. The van der Waals surface area contributed by atoms with Crippen LogP contribution >= 0.6 is 11.3 Å². The van der Waals surface area contributed by atoms with Gasteiger partial charge < -0.3 is 10.2 Å². The van der Waals surface area contributed by atoms with Crippen LogP contribution in [-0.4, -0.2) is 27.7 Å². The minimum atomic E-state index is -0.495. The number of nitrogens with one attached hydrogen (secondary N) is 1. The van der Waals surface area contributed by atoms with Gasteiger partial charge in [0.15, 0.2) is 5.13 Å². The van der Waals surface area contributed by atoms with Gasteiger partial charge >= 0.3 is 0 Å². The molecule has 0 fully saturated rings. The van der Waals surface area contributed by atoms with Gasteiger partial charge in [-0.25, -0.2) is 4.98 Å². The highest BCUT2D eigenvalue weighted by Crippen LogP contribution is 2.26. The first kappa shape index (κ1) is 16.6. The molecular formula is C18H21N3O2S. The minimum absolute atomic E-state index is 0.0336. The van der Waals surface area contributed by atoms with E-state index in [0.29, 0.717) is 18.1 Å². The monoisotopic (exact) mass is 343 g/mol. The number of hydrogen-bond acceptors (Lipinski definition) is 4. The maximum Gasteiger partial charge on any atom is 0.249 e. The van der Waals surface area contributed by atoms with Crippen LogP contribution in [0.4, 0.5) is 5.13 Å². The van der Waals surface area contributed by atoms with Gasteiger partial charge in [-0.15, -0.1) is 11.3 Å². The van der Waals surface area contributed by atoms with Crippen molar-refractivity contribution in [1.29, 1.82) is 0 Å². The molecule has 2 aromatic rings. The molecule has 0 unspecified atom stereocenters. The molecule has 2 atom stereocenters. The van der Waals surface area contributed by atoms with E-state index in [0.717, 1.165) is 17.5 Å². The Morgan fingerprint density at radius 1 is 1.38 bits per heavy atom. The highest BCUT2D eigenvalue weighted by atomic mass is 32.1. The SMILES string of the molecule is CC[C@@H](C)C(=O)N1Cc2ccccc2C[C@@H]1C(=O)Nc1nccs1. The molecule has 126 valence electrons. The third-order valence-electron chi connectivity index (χ3n) is 4.53. The van der Waals surface area contributed by atoms with Crippen molar-refractivity contribution in [3.8, 4) is 0 Å². The van der Waals surface area contributed by atoms with Crippen molar-refractivity contribution in [3.63, 3.8) is 0 Å². The fourth-order valence-electron chi connectivity index (χ4n) is 2.92. The van der Waals surface area contributed by atoms with Crippen molar-refractivity contribution < 1.29 is 9.59 Å². The molecule has 0 spiro atoms. The average Bonchev–Trinajstić information content (AvgIpc) is 3.12. The van der Waals surface area contributed by atoms with Crippen molar-refractivity contribution in [2.75, 3.05) is 5.32 Å². The molecule has 1 aromatic carbocycles. The van der Waals surface area contributed by atoms with Crippen LogP contribution in [0, 0.1) is 5.92 Å². The number of amides is 2. The first-order chi connectivity index (χ1) is 11.6. The lowest BCUT2D eigenvalue weighted by Gasteiger charge is -2.37. The number of hydrogen-bond donors (Lipinski definition) is 1. The Morgan fingerprint density at radius 2 is 2.12 bits per heavy atom. The molecule has 0 saturated carbocycles. The van der Waals surface area contributed by atoms with Crippen LogP contribution in [0.25, 0.3) is 0 Å². The van der Waals surface area contributed by atoms with Gasteiger partial charge in [0.1, 0.15) is 6.04 Å². The lowest BCUT2D eigenvalue weighted by molar-refractivity contribution is -0.143. The van der Waals surface area contributed by atoms with Crippen LogP contribution in [0.15, 0.2) is 35.8 Å². The standard InChI is InChI=1S/C18H21N3O2S/c1-3-12(2)17(23)21-11-14-7-5-4-6-13(14)10-15(21)16(22)20-18-19-8-9-24-18/h4-9,12,15H,3,10-11H2,1-2H3,(H,19,20,22)/t12-,15-/m1/s1. The Balaban J connectivity index is 1.87. The molecule has 5 nitrogen and oxygen atoms in total. The summed E-state index contributed by atoms with van der Waals surface area (Å²) in [4.78, 5) is 31.4. The molecule has 0 bridgehead atoms. The van der Waals surface area contributed by atoms with E-state index < -0.39 is 6.04 Å². The fourth-order valence-corrected chi connectivity index (χ4v) is 3.45.